The molecule has 18 heavy (non-hydrogen) atoms. The number of fused-ring (bicyclic) bond motifs is 1. The fourth-order valence-corrected chi connectivity index (χ4v) is 3.42. The first-order chi connectivity index (χ1) is 8.70. The molecule has 1 aliphatic heterocycles. The van der Waals surface area contributed by atoms with Crippen molar-refractivity contribution in [2.75, 3.05) is 31.6 Å². The molecule has 2 aromatic heterocycles. The van der Waals surface area contributed by atoms with Crippen LogP contribution in [0.15, 0.2) is 11.6 Å². The Balaban J connectivity index is 1.96. The zero-order valence-electron chi connectivity index (χ0n) is 10.6. The SMILES string of the molecule is CC1CN(c2nc3sccn3c2CCl)CCN1C. The average Bonchev–Trinajstić information content (AvgIpc) is 2.92. The molecular formula is C12H17ClN4S. The van der Waals surface area contributed by atoms with Crippen LogP contribution >= 0.6 is 22.9 Å². The molecule has 0 saturated carbocycles. The number of rotatable bonds is 2. The van der Waals surface area contributed by atoms with Crippen molar-refractivity contribution in [3.63, 3.8) is 0 Å². The monoisotopic (exact) mass is 284 g/mol. The second kappa shape index (κ2) is 4.72. The highest BCUT2D eigenvalue weighted by atomic mass is 35.5. The van der Waals surface area contributed by atoms with Crippen LogP contribution in [0.4, 0.5) is 5.82 Å². The summed E-state index contributed by atoms with van der Waals surface area (Å²) in [7, 11) is 2.18. The summed E-state index contributed by atoms with van der Waals surface area (Å²) in [5, 5.41) is 2.05. The van der Waals surface area contributed by atoms with Crippen LogP contribution in [0.1, 0.15) is 12.6 Å². The van der Waals surface area contributed by atoms with Gasteiger partial charge in [0.25, 0.3) is 0 Å². The van der Waals surface area contributed by atoms with Crippen molar-refractivity contribution in [1.82, 2.24) is 14.3 Å². The predicted molar refractivity (Wildman–Crippen MR) is 76.9 cm³/mol. The molecule has 98 valence electrons. The van der Waals surface area contributed by atoms with Gasteiger partial charge in [0.05, 0.1) is 11.6 Å². The molecule has 3 heterocycles. The third kappa shape index (κ3) is 1.90. The molecule has 6 heteroatoms. The van der Waals surface area contributed by atoms with Gasteiger partial charge in [0.1, 0.15) is 0 Å². The molecule has 0 aromatic carbocycles. The molecule has 1 unspecified atom stereocenters. The standard InChI is InChI=1S/C12H17ClN4S/c1-9-8-16(4-3-15(9)2)11-10(7-13)17-5-6-18-12(17)14-11/h5-6,9H,3-4,7-8H2,1-2H3. The van der Waals surface area contributed by atoms with E-state index >= 15 is 0 Å². The predicted octanol–water partition coefficient (Wildman–Crippen LogP) is 2.27. The minimum atomic E-state index is 0.508. The molecule has 1 aliphatic rings. The van der Waals surface area contributed by atoms with Crippen LogP contribution in [0.5, 0.6) is 0 Å². The van der Waals surface area contributed by atoms with Gasteiger partial charge in [0.15, 0.2) is 10.8 Å². The van der Waals surface area contributed by atoms with Crippen LogP contribution in [0.3, 0.4) is 0 Å². The van der Waals surface area contributed by atoms with E-state index in [4.69, 9.17) is 16.6 Å². The summed E-state index contributed by atoms with van der Waals surface area (Å²) in [6, 6.07) is 0.557. The maximum absolute atomic E-state index is 6.10. The van der Waals surface area contributed by atoms with Crippen LogP contribution in [-0.4, -0.2) is 47.0 Å². The molecule has 1 saturated heterocycles. The van der Waals surface area contributed by atoms with Crippen molar-refractivity contribution >= 4 is 33.7 Å². The smallest absolute Gasteiger partial charge is 0.195 e. The van der Waals surface area contributed by atoms with Crippen molar-refractivity contribution in [3.05, 3.63) is 17.3 Å². The lowest BCUT2D eigenvalue weighted by Crippen LogP contribution is -2.50. The summed E-state index contributed by atoms with van der Waals surface area (Å²) in [6.45, 7) is 5.37. The lowest BCUT2D eigenvalue weighted by molar-refractivity contribution is 0.233. The van der Waals surface area contributed by atoms with Crippen LogP contribution in [0.2, 0.25) is 0 Å². The number of imidazole rings is 1. The lowest BCUT2D eigenvalue weighted by atomic mass is 10.2. The maximum atomic E-state index is 6.10. The number of hydrogen-bond acceptors (Lipinski definition) is 4. The highest BCUT2D eigenvalue weighted by Crippen LogP contribution is 2.27. The van der Waals surface area contributed by atoms with E-state index in [0.717, 1.165) is 36.1 Å². The van der Waals surface area contributed by atoms with Crippen molar-refractivity contribution in [2.24, 2.45) is 0 Å². The van der Waals surface area contributed by atoms with E-state index in [0.29, 0.717) is 11.9 Å². The number of alkyl halides is 1. The molecule has 0 spiro atoms. The summed E-state index contributed by atoms with van der Waals surface area (Å²) in [5.74, 6) is 1.57. The number of piperazine rings is 1. The van der Waals surface area contributed by atoms with Gasteiger partial charge in [-0.1, -0.05) is 0 Å². The van der Waals surface area contributed by atoms with Crippen molar-refractivity contribution in [2.45, 2.75) is 18.8 Å². The minimum absolute atomic E-state index is 0.508. The Morgan fingerprint density at radius 2 is 2.33 bits per heavy atom. The molecule has 0 bridgehead atoms. The van der Waals surface area contributed by atoms with Gasteiger partial charge in [-0.2, -0.15) is 0 Å². The van der Waals surface area contributed by atoms with Crippen LogP contribution < -0.4 is 4.90 Å². The highest BCUT2D eigenvalue weighted by molar-refractivity contribution is 7.15. The Bertz CT molecular complexity index is 549. The summed E-state index contributed by atoms with van der Waals surface area (Å²) >= 11 is 7.76. The molecule has 0 N–H and O–H groups in total. The zero-order chi connectivity index (χ0) is 12.7. The van der Waals surface area contributed by atoms with Gasteiger partial charge in [-0.05, 0) is 14.0 Å². The topological polar surface area (TPSA) is 23.8 Å². The summed E-state index contributed by atoms with van der Waals surface area (Å²) in [6.07, 6.45) is 2.05. The summed E-state index contributed by atoms with van der Waals surface area (Å²) in [4.78, 5) is 10.5. The number of anilines is 1. The number of nitrogens with zero attached hydrogens (tertiary/aromatic N) is 4. The fourth-order valence-electron chi connectivity index (χ4n) is 2.44. The quantitative estimate of drug-likeness (QED) is 0.791. The average molecular weight is 285 g/mol. The van der Waals surface area contributed by atoms with Gasteiger partial charge >= 0.3 is 0 Å². The Hall–Kier alpha value is -0.780. The van der Waals surface area contributed by atoms with Gasteiger partial charge in [0, 0.05) is 37.3 Å². The van der Waals surface area contributed by atoms with Crippen LogP contribution in [0, 0.1) is 0 Å². The number of aromatic nitrogens is 2. The first-order valence-electron chi connectivity index (χ1n) is 6.16. The molecule has 0 aliphatic carbocycles. The Labute approximate surface area is 116 Å². The van der Waals surface area contributed by atoms with E-state index in [1.54, 1.807) is 11.3 Å². The van der Waals surface area contributed by atoms with Gasteiger partial charge in [-0.25, -0.2) is 4.98 Å². The lowest BCUT2D eigenvalue weighted by Gasteiger charge is -2.38. The molecular weight excluding hydrogens is 268 g/mol. The van der Waals surface area contributed by atoms with E-state index < -0.39 is 0 Å². The Morgan fingerprint density at radius 1 is 1.50 bits per heavy atom. The number of hydrogen-bond donors (Lipinski definition) is 0. The van der Waals surface area contributed by atoms with Crippen molar-refractivity contribution in [1.29, 1.82) is 0 Å². The van der Waals surface area contributed by atoms with E-state index in [1.165, 1.54) is 0 Å². The summed E-state index contributed by atoms with van der Waals surface area (Å²) < 4.78 is 2.11. The zero-order valence-corrected chi connectivity index (χ0v) is 12.2. The number of likely N-dealkylation sites (N-methyl/N-ethyl adjacent to an activating group) is 1. The molecule has 0 radical (unpaired) electrons. The van der Waals surface area contributed by atoms with E-state index in [2.05, 4.69) is 33.6 Å². The largest absolute Gasteiger partial charge is 0.352 e. The normalized spacial score (nSPS) is 21.9. The van der Waals surface area contributed by atoms with E-state index in [9.17, 15) is 0 Å². The number of halogens is 1. The van der Waals surface area contributed by atoms with Gasteiger partial charge in [0.2, 0.25) is 0 Å². The first-order valence-corrected chi connectivity index (χ1v) is 7.57. The van der Waals surface area contributed by atoms with Crippen molar-refractivity contribution < 1.29 is 0 Å². The van der Waals surface area contributed by atoms with Gasteiger partial charge < -0.3 is 9.80 Å². The molecule has 2 aromatic rings. The Morgan fingerprint density at radius 3 is 3.06 bits per heavy atom. The third-order valence-corrected chi connectivity index (χ3v) is 4.74. The van der Waals surface area contributed by atoms with Gasteiger partial charge in [-0.3, -0.25) is 4.40 Å². The van der Waals surface area contributed by atoms with Crippen LogP contribution in [0.25, 0.3) is 4.96 Å². The number of thiazole rings is 1. The van der Waals surface area contributed by atoms with E-state index in [1.807, 2.05) is 6.20 Å². The second-order valence-electron chi connectivity index (χ2n) is 4.85. The fraction of sp³-hybridized carbons (Fsp3) is 0.583. The van der Waals surface area contributed by atoms with Crippen molar-refractivity contribution in [3.8, 4) is 0 Å². The van der Waals surface area contributed by atoms with Gasteiger partial charge in [-0.15, -0.1) is 22.9 Å². The maximum Gasteiger partial charge on any atom is 0.195 e. The van der Waals surface area contributed by atoms with E-state index in [-0.39, 0.29) is 0 Å². The first kappa shape index (κ1) is 12.3. The molecule has 3 rings (SSSR count). The highest BCUT2D eigenvalue weighted by Gasteiger charge is 2.25. The molecule has 1 atom stereocenters. The minimum Gasteiger partial charge on any atom is -0.352 e. The van der Waals surface area contributed by atoms with Crippen LogP contribution in [-0.2, 0) is 5.88 Å². The Kier molecular flexibility index (Phi) is 3.21. The molecule has 1 fully saturated rings. The summed E-state index contributed by atoms with van der Waals surface area (Å²) in [5.41, 5.74) is 1.12. The molecule has 4 nitrogen and oxygen atoms in total. The third-order valence-electron chi connectivity index (χ3n) is 3.73. The second-order valence-corrected chi connectivity index (χ2v) is 5.99. The molecule has 0 amide bonds.